The molecule has 0 atom stereocenters. The summed E-state index contributed by atoms with van der Waals surface area (Å²) in [6.07, 6.45) is -3.32. The van der Waals surface area contributed by atoms with Gasteiger partial charge in [-0.2, -0.15) is 0 Å². The number of hydrogen-bond donors (Lipinski definition) is 3. The lowest BCUT2D eigenvalue weighted by atomic mass is 9.94. The summed E-state index contributed by atoms with van der Waals surface area (Å²) in [6.45, 7) is 0. The molecule has 0 saturated heterocycles. The van der Waals surface area contributed by atoms with Crippen LogP contribution in [-0.2, 0) is 9.59 Å². The first-order valence-corrected chi connectivity index (χ1v) is 5.15. The molecule has 0 bridgehead atoms. The Labute approximate surface area is 110 Å². The third-order valence-corrected chi connectivity index (χ3v) is 2.46. The number of carboxylic acids is 2. The Morgan fingerprint density at radius 2 is 1.75 bits per heavy atom. The largest absolute Gasteiger partial charge is 0.479 e. The van der Waals surface area contributed by atoms with E-state index in [2.05, 4.69) is 4.98 Å². The minimum Gasteiger partial charge on any atom is -0.479 e. The average Bonchev–Trinajstić information content (AvgIpc) is 2.38. The Balaban J connectivity index is 2.96. The Bertz CT molecular complexity index is 528. The molecule has 1 aromatic rings. The number of aliphatic carboxylic acids is 2. The van der Waals surface area contributed by atoms with E-state index in [0.29, 0.717) is 0 Å². The van der Waals surface area contributed by atoms with Gasteiger partial charge in [-0.25, -0.2) is 18.4 Å². The number of Topliss-reactive ketones (excluding diaryl/α,β-unsaturated/α-hetero) is 1. The molecule has 0 saturated carbocycles. The van der Waals surface area contributed by atoms with Crippen molar-refractivity contribution in [3.63, 3.8) is 0 Å². The molecule has 20 heavy (non-hydrogen) atoms. The Morgan fingerprint density at radius 1 is 1.20 bits per heavy atom. The average molecular weight is 289 g/mol. The lowest BCUT2D eigenvalue weighted by molar-refractivity contribution is -0.175. The van der Waals surface area contributed by atoms with E-state index in [1.165, 1.54) is 0 Å². The number of hydrogen-bond acceptors (Lipinski definition) is 5. The van der Waals surface area contributed by atoms with Gasteiger partial charge in [0, 0.05) is 11.8 Å². The van der Waals surface area contributed by atoms with E-state index in [9.17, 15) is 28.3 Å². The van der Waals surface area contributed by atoms with E-state index in [-0.39, 0.29) is 5.56 Å². The first-order valence-electron chi connectivity index (χ1n) is 5.15. The van der Waals surface area contributed by atoms with E-state index in [1.54, 1.807) is 0 Å². The van der Waals surface area contributed by atoms with E-state index < -0.39 is 41.9 Å². The van der Waals surface area contributed by atoms with Gasteiger partial charge in [-0.05, 0) is 12.1 Å². The normalized spacial score (nSPS) is 11.4. The molecule has 0 spiro atoms. The molecule has 0 aliphatic heterocycles. The van der Waals surface area contributed by atoms with Gasteiger partial charge < -0.3 is 15.3 Å². The van der Waals surface area contributed by atoms with Crippen molar-refractivity contribution in [2.45, 2.75) is 18.4 Å². The smallest absolute Gasteiger partial charge is 0.348 e. The number of aliphatic hydroxyl groups is 1. The summed E-state index contributed by atoms with van der Waals surface area (Å²) in [6, 6.07) is 1.79. The summed E-state index contributed by atoms with van der Waals surface area (Å²) in [5, 5.41) is 26.6. The van der Waals surface area contributed by atoms with Crippen LogP contribution in [0.2, 0.25) is 0 Å². The fourth-order valence-electron chi connectivity index (χ4n) is 1.28. The summed E-state index contributed by atoms with van der Waals surface area (Å²) in [4.78, 5) is 36.3. The van der Waals surface area contributed by atoms with Crippen molar-refractivity contribution in [2.24, 2.45) is 0 Å². The second kappa shape index (κ2) is 5.70. The van der Waals surface area contributed by atoms with Gasteiger partial charge in [-0.3, -0.25) is 9.78 Å². The molecule has 0 unspecified atom stereocenters. The van der Waals surface area contributed by atoms with Crippen LogP contribution in [0.1, 0.15) is 28.9 Å². The van der Waals surface area contributed by atoms with Gasteiger partial charge in [0.25, 0.3) is 12.0 Å². The molecule has 9 heteroatoms. The Hall–Kier alpha value is -2.42. The third-order valence-electron chi connectivity index (χ3n) is 2.46. The number of rotatable bonds is 6. The van der Waals surface area contributed by atoms with Gasteiger partial charge in [0.1, 0.15) is 5.69 Å². The molecule has 0 amide bonds. The molecule has 0 aliphatic carbocycles. The minimum absolute atomic E-state index is 0.282. The fourth-order valence-corrected chi connectivity index (χ4v) is 1.28. The predicted molar refractivity (Wildman–Crippen MR) is 58.4 cm³/mol. The quantitative estimate of drug-likeness (QED) is 0.514. The van der Waals surface area contributed by atoms with Crippen molar-refractivity contribution in [3.05, 3.63) is 29.6 Å². The topological polar surface area (TPSA) is 125 Å². The highest BCUT2D eigenvalue weighted by atomic mass is 19.3. The van der Waals surface area contributed by atoms with Crippen LogP contribution < -0.4 is 0 Å². The van der Waals surface area contributed by atoms with Crippen LogP contribution in [-0.4, -0.2) is 43.6 Å². The number of alkyl halides is 2. The number of ketones is 1. The molecule has 0 aromatic carbocycles. The number of aromatic nitrogens is 1. The maximum Gasteiger partial charge on any atom is 0.348 e. The van der Waals surface area contributed by atoms with Gasteiger partial charge >= 0.3 is 11.9 Å². The van der Waals surface area contributed by atoms with Crippen molar-refractivity contribution in [2.75, 3.05) is 0 Å². The Kier molecular flexibility index (Phi) is 4.45. The van der Waals surface area contributed by atoms with Crippen LogP contribution in [0.3, 0.4) is 0 Å². The first kappa shape index (κ1) is 15.6. The zero-order valence-corrected chi connectivity index (χ0v) is 9.79. The van der Waals surface area contributed by atoms with Crippen molar-refractivity contribution in [1.82, 2.24) is 4.98 Å². The number of pyridine rings is 1. The van der Waals surface area contributed by atoms with Crippen molar-refractivity contribution < 1.29 is 38.5 Å². The molecule has 0 radical (unpaired) electrons. The maximum absolute atomic E-state index is 12.2. The zero-order chi connectivity index (χ0) is 15.5. The number of carbonyl (C=O) groups excluding carboxylic acids is 1. The summed E-state index contributed by atoms with van der Waals surface area (Å²) >= 11 is 0. The van der Waals surface area contributed by atoms with Crippen LogP contribution in [0.25, 0.3) is 0 Å². The number of carbonyl (C=O) groups is 3. The minimum atomic E-state index is -3.28. The van der Waals surface area contributed by atoms with Crippen molar-refractivity contribution in [3.8, 4) is 0 Å². The standard InChI is InChI=1S/C11H9F2NO6/c12-8(13)6-2-1-5(4-14-6)7(15)3-11(20,9(16)17)10(18)19/h1-2,4,8,20H,3H2,(H,16,17)(H,18,19). The lowest BCUT2D eigenvalue weighted by Crippen LogP contribution is -2.48. The molecule has 0 fully saturated rings. The first-order chi connectivity index (χ1) is 9.18. The summed E-state index contributed by atoms with van der Waals surface area (Å²) < 4.78 is 24.5. The predicted octanol–water partition coefficient (Wildman–Crippen LogP) is 0.492. The molecule has 7 nitrogen and oxygen atoms in total. The monoisotopic (exact) mass is 289 g/mol. The summed E-state index contributed by atoms with van der Waals surface area (Å²) in [5.41, 5.74) is -4.15. The summed E-state index contributed by atoms with van der Waals surface area (Å²) in [7, 11) is 0. The van der Waals surface area contributed by atoms with Gasteiger partial charge in [0.05, 0.1) is 6.42 Å². The highest BCUT2D eigenvalue weighted by molar-refractivity contribution is 6.08. The fraction of sp³-hybridized carbons (Fsp3) is 0.273. The van der Waals surface area contributed by atoms with Crippen LogP contribution in [0.5, 0.6) is 0 Å². The molecular weight excluding hydrogens is 280 g/mol. The number of carboxylic acid groups (broad SMARTS) is 2. The Morgan fingerprint density at radius 3 is 2.10 bits per heavy atom. The second-order valence-corrected chi connectivity index (χ2v) is 3.84. The van der Waals surface area contributed by atoms with Crippen LogP contribution in [0.4, 0.5) is 8.78 Å². The maximum atomic E-state index is 12.2. The second-order valence-electron chi connectivity index (χ2n) is 3.84. The van der Waals surface area contributed by atoms with Gasteiger partial charge in [0.2, 0.25) is 0 Å². The van der Waals surface area contributed by atoms with E-state index in [4.69, 9.17) is 10.2 Å². The van der Waals surface area contributed by atoms with Crippen molar-refractivity contribution in [1.29, 1.82) is 0 Å². The number of halogens is 2. The van der Waals surface area contributed by atoms with Gasteiger partial charge in [-0.15, -0.1) is 0 Å². The van der Waals surface area contributed by atoms with Crippen LogP contribution in [0, 0.1) is 0 Å². The van der Waals surface area contributed by atoms with Crippen LogP contribution >= 0.6 is 0 Å². The molecule has 0 aliphatic rings. The number of nitrogens with zero attached hydrogens (tertiary/aromatic N) is 1. The molecule has 1 rings (SSSR count). The summed E-state index contributed by atoms with van der Waals surface area (Å²) in [5.74, 6) is -5.25. The molecule has 3 N–H and O–H groups in total. The highest BCUT2D eigenvalue weighted by Crippen LogP contribution is 2.19. The van der Waals surface area contributed by atoms with E-state index in [0.717, 1.165) is 18.3 Å². The molecule has 1 aromatic heterocycles. The molecule has 108 valence electrons. The molecule has 1 heterocycles. The van der Waals surface area contributed by atoms with Gasteiger partial charge in [0.15, 0.2) is 5.78 Å². The lowest BCUT2D eigenvalue weighted by Gasteiger charge is -2.17. The molecular formula is C11H9F2NO6. The highest BCUT2D eigenvalue weighted by Gasteiger charge is 2.46. The zero-order valence-electron chi connectivity index (χ0n) is 9.79. The van der Waals surface area contributed by atoms with Crippen LogP contribution in [0.15, 0.2) is 18.3 Å². The SMILES string of the molecule is O=C(CC(O)(C(=O)O)C(=O)O)c1ccc(C(F)F)nc1. The van der Waals surface area contributed by atoms with Crippen molar-refractivity contribution >= 4 is 17.7 Å². The van der Waals surface area contributed by atoms with Gasteiger partial charge in [-0.1, -0.05) is 0 Å². The van der Waals surface area contributed by atoms with E-state index >= 15 is 0 Å². The van der Waals surface area contributed by atoms with E-state index in [1.807, 2.05) is 0 Å². The third kappa shape index (κ3) is 3.12.